The number of hydrogen-bond donors (Lipinski definition) is 2. The number of carbonyl (C=O) groups is 2. The summed E-state index contributed by atoms with van der Waals surface area (Å²) in [6.45, 7) is 4.44. The minimum Gasteiger partial charge on any atom is -0.366 e. The first-order valence-electron chi connectivity index (χ1n) is 6.76. The molecular formula is C15H23N3O2. The predicted molar refractivity (Wildman–Crippen MR) is 78.9 cm³/mol. The minimum atomic E-state index is -0.477. The molecule has 0 aliphatic rings. The summed E-state index contributed by atoms with van der Waals surface area (Å²) >= 11 is 0. The second kappa shape index (κ2) is 7.05. The molecule has 0 aliphatic heterocycles. The van der Waals surface area contributed by atoms with Crippen LogP contribution in [0.25, 0.3) is 0 Å². The van der Waals surface area contributed by atoms with Crippen LogP contribution >= 0.6 is 0 Å². The van der Waals surface area contributed by atoms with Crippen molar-refractivity contribution < 1.29 is 9.59 Å². The lowest BCUT2D eigenvalue weighted by Gasteiger charge is -2.24. The maximum atomic E-state index is 12.1. The second-order valence-corrected chi connectivity index (χ2v) is 5.17. The number of nitrogens with zero attached hydrogens (tertiary/aromatic N) is 1. The van der Waals surface area contributed by atoms with Gasteiger partial charge in [0.05, 0.1) is 6.04 Å². The van der Waals surface area contributed by atoms with Crippen LogP contribution in [-0.2, 0) is 11.3 Å². The van der Waals surface area contributed by atoms with Crippen molar-refractivity contribution in [1.82, 2.24) is 4.90 Å². The summed E-state index contributed by atoms with van der Waals surface area (Å²) in [7, 11) is 1.73. The molecule has 1 aromatic carbocycles. The van der Waals surface area contributed by atoms with Crippen molar-refractivity contribution >= 4 is 11.8 Å². The Balaban J connectivity index is 2.68. The zero-order valence-electron chi connectivity index (χ0n) is 12.3. The molecule has 1 rings (SSSR count). The molecule has 0 saturated heterocycles. The SMILES string of the molecule is CCC(C)[C@H](N)C(=O)N(C)Cc1ccc(C(N)=O)cc1. The molecule has 0 heterocycles. The third-order valence-corrected chi connectivity index (χ3v) is 3.58. The maximum Gasteiger partial charge on any atom is 0.248 e. The predicted octanol–water partition coefficient (Wildman–Crippen LogP) is 1.12. The molecule has 1 unspecified atom stereocenters. The van der Waals surface area contributed by atoms with Crippen LogP contribution in [0.15, 0.2) is 24.3 Å². The standard InChI is InChI=1S/C15H23N3O2/c1-4-10(2)13(16)15(20)18(3)9-11-5-7-12(8-6-11)14(17)19/h5-8,10,13H,4,9,16H2,1-3H3,(H2,17,19)/t10?,13-/m0/s1. The van der Waals surface area contributed by atoms with Gasteiger partial charge in [-0.25, -0.2) is 0 Å². The zero-order chi connectivity index (χ0) is 15.3. The molecule has 4 N–H and O–H groups in total. The van der Waals surface area contributed by atoms with E-state index in [1.54, 1.807) is 36.2 Å². The van der Waals surface area contributed by atoms with E-state index >= 15 is 0 Å². The van der Waals surface area contributed by atoms with Crippen LogP contribution in [0.4, 0.5) is 0 Å². The minimum absolute atomic E-state index is 0.0710. The molecule has 0 saturated carbocycles. The first-order valence-corrected chi connectivity index (χ1v) is 6.76. The van der Waals surface area contributed by atoms with E-state index in [4.69, 9.17) is 11.5 Å². The molecule has 0 spiro atoms. The summed E-state index contributed by atoms with van der Waals surface area (Å²) in [6.07, 6.45) is 0.869. The van der Waals surface area contributed by atoms with Crippen molar-refractivity contribution in [3.63, 3.8) is 0 Å². The van der Waals surface area contributed by atoms with Crippen LogP contribution < -0.4 is 11.5 Å². The van der Waals surface area contributed by atoms with Gasteiger partial charge in [-0.05, 0) is 23.6 Å². The fourth-order valence-electron chi connectivity index (χ4n) is 1.88. The number of rotatable bonds is 6. The lowest BCUT2D eigenvalue weighted by molar-refractivity contribution is -0.132. The van der Waals surface area contributed by atoms with Crippen LogP contribution in [0.1, 0.15) is 36.2 Å². The normalized spacial score (nSPS) is 13.6. The molecule has 1 aromatic rings. The van der Waals surface area contributed by atoms with Crippen molar-refractivity contribution in [3.8, 4) is 0 Å². The average Bonchev–Trinajstić information content (AvgIpc) is 2.45. The number of primary amides is 1. The molecule has 5 heteroatoms. The summed E-state index contributed by atoms with van der Waals surface area (Å²) in [5, 5.41) is 0. The third-order valence-electron chi connectivity index (χ3n) is 3.58. The molecule has 2 atom stereocenters. The monoisotopic (exact) mass is 277 g/mol. The molecule has 0 aromatic heterocycles. The molecule has 5 nitrogen and oxygen atoms in total. The van der Waals surface area contributed by atoms with Gasteiger partial charge in [0.15, 0.2) is 0 Å². The Morgan fingerprint density at radius 1 is 1.25 bits per heavy atom. The van der Waals surface area contributed by atoms with E-state index in [-0.39, 0.29) is 11.8 Å². The van der Waals surface area contributed by atoms with Crippen molar-refractivity contribution in [2.24, 2.45) is 17.4 Å². The van der Waals surface area contributed by atoms with Gasteiger partial charge in [0, 0.05) is 19.2 Å². The van der Waals surface area contributed by atoms with Crippen molar-refractivity contribution in [2.45, 2.75) is 32.9 Å². The number of benzene rings is 1. The molecular weight excluding hydrogens is 254 g/mol. The number of likely N-dealkylation sites (N-methyl/N-ethyl adjacent to an activating group) is 1. The maximum absolute atomic E-state index is 12.1. The molecule has 20 heavy (non-hydrogen) atoms. The van der Waals surface area contributed by atoms with E-state index in [2.05, 4.69) is 0 Å². The molecule has 0 aliphatic carbocycles. The van der Waals surface area contributed by atoms with Crippen LogP contribution in [0.2, 0.25) is 0 Å². The fourth-order valence-corrected chi connectivity index (χ4v) is 1.88. The van der Waals surface area contributed by atoms with Gasteiger partial charge < -0.3 is 16.4 Å². The van der Waals surface area contributed by atoms with Crippen molar-refractivity contribution in [3.05, 3.63) is 35.4 Å². The first kappa shape index (κ1) is 16.2. The van der Waals surface area contributed by atoms with E-state index in [0.29, 0.717) is 12.1 Å². The highest BCUT2D eigenvalue weighted by molar-refractivity contribution is 5.92. The number of amides is 2. The lowest BCUT2D eigenvalue weighted by Crippen LogP contribution is -2.45. The summed E-state index contributed by atoms with van der Waals surface area (Å²) in [6, 6.07) is 6.42. The highest BCUT2D eigenvalue weighted by atomic mass is 16.2. The van der Waals surface area contributed by atoms with Gasteiger partial charge in [0.25, 0.3) is 0 Å². The molecule has 2 amide bonds. The van der Waals surface area contributed by atoms with Crippen LogP contribution in [0.5, 0.6) is 0 Å². The topological polar surface area (TPSA) is 89.4 Å². The van der Waals surface area contributed by atoms with Crippen molar-refractivity contribution in [1.29, 1.82) is 0 Å². The van der Waals surface area contributed by atoms with Gasteiger partial charge in [-0.1, -0.05) is 32.4 Å². The van der Waals surface area contributed by atoms with Crippen LogP contribution in [-0.4, -0.2) is 29.8 Å². The third kappa shape index (κ3) is 4.06. The number of carbonyl (C=O) groups excluding carboxylic acids is 2. The van der Waals surface area contributed by atoms with Crippen LogP contribution in [0, 0.1) is 5.92 Å². The van der Waals surface area contributed by atoms with E-state index in [9.17, 15) is 9.59 Å². The number of hydrogen-bond acceptors (Lipinski definition) is 3. The summed E-state index contributed by atoms with van der Waals surface area (Å²) in [5.41, 5.74) is 12.5. The van der Waals surface area contributed by atoms with E-state index in [1.165, 1.54) is 0 Å². The largest absolute Gasteiger partial charge is 0.366 e. The van der Waals surface area contributed by atoms with Gasteiger partial charge in [0.2, 0.25) is 11.8 Å². The fraction of sp³-hybridized carbons (Fsp3) is 0.467. The van der Waals surface area contributed by atoms with E-state index in [1.807, 2.05) is 13.8 Å². The van der Waals surface area contributed by atoms with Gasteiger partial charge >= 0.3 is 0 Å². The Hall–Kier alpha value is -1.88. The van der Waals surface area contributed by atoms with Crippen molar-refractivity contribution in [2.75, 3.05) is 7.05 Å². The second-order valence-electron chi connectivity index (χ2n) is 5.17. The average molecular weight is 277 g/mol. The summed E-state index contributed by atoms with van der Waals surface area (Å²) in [4.78, 5) is 24.7. The highest BCUT2D eigenvalue weighted by Crippen LogP contribution is 2.11. The summed E-state index contributed by atoms with van der Waals surface area (Å²) in [5.74, 6) is -0.375. The quantitative estimate of drug-likeness (QED) is 0.816. The Morgan fingerprint density at radius 2 is 1.80 bits per heavy atom. The smallest absolute Gasteiger partial charge is 0.248 e. The van der Waals surface area contributed by atoms with Gasteiger partial charge in [-0.15, -0.1) is 0 Å². The van der Waals surface area contributed by atoms with Gasteiger partial charge in [0.1, 0.15) is 0 Å². The molecule has 0 radical (unpaired) electrons. The Morgan fingerprint density at radius 3 is 2.25 bits per heavy atom. The molecule has 0 bridgehead atoms. The van der Waals surface area contributed by atoms with E-state index in [0.717, 1.165) is 12.0 Å². The zero-order valence-corrected chi connectivity index (χ0v) is 12.3. The Labute approximate surface area is 119 Å². The number of nitrogens with two attached hydrogens (primary N) is 2. The van der Waals surface area contributed by atoms with Gasteiger partial charge in [-0.3, -0.25) is 9.59 Å². The van der Waals surface area contributed by atoms with E-state index < -0.39 is 11.9 Å². The molecule has 110 valence electrons. The molecule has 0 fully saturated rings. The van der Waals surface area contributed by atoms with Gasteiger partial charge in [-0.2, -0.15) is 0 Å². The van der Waals surface area contributed by atoms with Crippen LogP contribution in [0.3, 0.4) is 0 Å². The Kier molecular flexibility index (Phi) is 5.70. The first-order chi connectivity index (χ1) is 9.36. The highest BCUT2D eigenvalue weighted by Gasteiger charge is 2.22. The lowest BCUT2D eigenvalue weighted by atomic mass is 9.99. The Bertz CT molecular complexity index is 471. The summed E-state index contributed by atoms with van der Waals surface area (Å²) < 4.78 is 0.